The summed E-state index contributed by atoms with van der Waals surface area (Å²) in [4.78, 5) is 21.6. The monoisotopic (exact) mass is 262 g/mol. The number of aromatic amines is 1. The molecule has 1 unspecified atom stereocenters. The first-order chi connectivity index (χ1) is 9.08. The van der Waals surface area contributed by atoms with Crippen LogP contribution in [0.2, 0.25) is 0 Å². The second-order valence-corrected chi connectivity index (χ2v) is 4.34. The van der Waals surface area contributed by atoms with Crippen molar-refractivity contribution in [1.29, 1.82) is 0 Å². The minimum absolute atomic E-state index is 0.317. The average Bonchev–Trinajstić information content (AvgIpc) is 2.37. The number of nitrogens with zero attached hydrogens (tertiary/aromatic N) is 3. The molecule has 1 aliphatic rings. The Hall–Kier alpha value is -1.99. The number of hydrogen-bond acceptors (Lipinski definition) is 6. The number of hydrazine groups is 1. The SMILES string of the molecule is CNN(C)C1C=CC(Nc2nc(C)[nH]c(=O)n2)=CC1. The molecule has 0 radical (unpaired) electrons. The van der Waals surface area contributed by atoms with Gasteiger partial charge >= 0.3 is 5.69 Å². The van der Waals surface area contributed by atoms with Crippen molar-refractivity contribution in [2.24, 2.45) is 0 Å². The summed E-state index contributed by atoms with van der Waals surface area (Å²) >= 11 is 0. The lowest BCUT2D eigenvalue weighted by atomic mass is 10.1. The summed E-state index contributed by atoms with van der Waals surface area (Å²) < 4.78 is 0. The van der Waals surface area contributed by atoms with Gasteiger partial charge in [0, 0.05) is 18.8 Å². The third kappa shape index (κ3) is 3.49. The van der Waals surface area contributed by atoms with Crippen LogP contribution in [0.15, 0.2) is 28.7 Å². The Bertz CT molecular complexity index is 562. The van der Waals surface area contributed by atoms with E-state index in [0.29, 0.717) is 17.8 Å². The quantitative estimate of drug-likeness (QED) is 0.670. The van der Waals surface area contributed by atoms with E-state index in [9.17, 15) is 4.79 Å². The van der Waals surface area contributed by atoms with E-state index in [1.54, 1.807) is 6.92 Å². The molecule has 3 N–H and O–H groups in total. The minimum atomic E-state index is -0.400. The summed E-state index contributed by atoms with van der Waals surface area (Å²) in [6.45, 7) is 1.72. The van der Waals surface area contributed by atoms with Gasteiger partial charge in [0.15, 0.2) is 0 Å². The summed E-state index contributed by atoms with van der Waals surface area (Å²) in [6.07, 6.45) is 6.97. The molecule has 7 nitrogen and oxygen atoms in total. The number of anilines is 1. The highest BCUT2D eigenvalue weighted by molar-refractivity contribution is 5.41. The Labute approximate surface area is 111 Å². The van der Waals surface area contributed by atoms with Crippen molar-refractivity contribution < 1.29 is 0 Å². The maximum absolute atomic E-state index is 11.2. The van der Waals surface area contributed by atoms with Gasteiger partial charge < -0.3 is 5.32 Å². The van der Waals surface area contributed by atoms with Crippen LogP contribution in [0.4, 0.5) is 5.95 Å². The molecular formula is C12H18N6O. The zero-order chi connectivity index (χ0) is 13.8. The molecule has 0 saturated carbocycles. The highest BCUT2D eigenvalue weighted by Gasteiger charge is 2.13. The Balaban J connectivity index is 2.04. The molecule has 0 amide bonds. The lowest BCUT2D eigenvalue weighted by Crippen LogP contribution is -2.39. The molecule has 2 rings (SSSR count). The van der Waals surface area contributed by atoms with E-state index in [2.05, 4.69) is 37.8 Å². The summed E-state index contributed by atoms with van der Waals surface area (Å²) in [7, 11) is 3.88. The maximum atomic E-state index is 11.2. The van der Waals surface area contributed by atoms with E-state index >= 15 is 0 Å². The van der Waals surface area contributed by atoms with E-state index in [-0.39, 0.29) is 0 Å². The van der Waals surface area contributed by atoms with Crippen molar-refractivity contribution in [1.82, 2.24) is 25.4 Å². The topological polar surface area (TPSA) is 85.9 Å². The molecule has 1 atom stereocenters. The molecule has 1 aliphatic carbocycles. The van der Waals surface area contributed by atoms with Crippen molar-refractivity contribution in [3.05, 3.63) is 40.2 Å². The van der Waals surface area contributed by atoms with Gasteiger partial charge in [-0.05, 0) is 26.5 Å². The first-order valence-corrected chi connectivity index (χ1v) is 6.09. The van der Waals surface area contributed by atoms with E-state index in [1.165, 1.54) is 0 Å². The minimum Gasteiger partial charge on any atom is -0.324 e. The number of nitrogens with one attached hydrogen (secondary N) is 3. The zero-order valence-electron chi connectivity index (χ0n) is 11.3. The summed E-state index contributed by atoms with van der Waals surface area (Å²) in [6, 6.07) is 0.317. The van der Waals surface area contributed by atoms with Gasteiger partial charge in [-0.3, -0.25) is 10.4 Å². The van der Waals surface area contributed by atoms with Crippen LogP contribution < -0.4 is 16.4 Å². The fourth-order valence-corrected chi connectivity index (χ4v) is 1.83. The van der Waals surface area contributed by atoms with E-state index < -0.39 is 5.69 Å². The smallest absolute Gasteiger partial charge is 0.324 e. The molecule has 0 saturated heterocycles. The fraction of sp³-hybridized carbons (Fsp3) is 0.417. The molecule has 1 aromatic rings. The van der Waals surface area contributed by atoms with Crippen molar-refractivity contribution in [2.45, 2.75) is 19.4 Å². The predicted molar refractivity (Wildman–Crippen MR) is 73.5 cm³/mol. The number of hydrogen-bond donors (Lipinski definition) is 3. The van der Waals surface area contributed by atoms with Gasteiger partial charge in [0.1, 0.15) is 5.82 Å². The number of rotatable bonds is 4. The molecule has 102 valence electrons. The first kappa shape index (κ1) is 13.4. The van der Waals surface area contributed by atoms with Crippen molar-refractivity contribution >= 4 is 5.95 Å². The third-order valence-corrected chi connectivity index (χ3v) is 2.95. The Morgan fingerprint density at radius 2 is 2.26 bits per heavy atom. The number of allylic oxidation sites excluding steroid dienone is 1. The highest BCUT2D eigenvalue weighted by atomic mass is 16.1. The summed E-state index contributed by atoms with van der Waals surface area (Å²) in [5.74, 6) is 0.855. The lowest BCUT2D eigenvalue weighted by Gasteiger charge is -2.25. The van der Waals surface area contributed by atoms with Crippen LogP contribution in [-0.2, 0) is 0 Å². The van der Waals surface area contributed by atoms with Crippen LogP contribution in [0.25, 0.3) is 0 Å². The second kappa shape index (κ2) is 5.77. The molecule has 0 spiro atoms. The van der Waals surface area contributed by atoms with Crippen molar-refractivity contribution in [2.75, 3.05) is 19.4 Å². The molecule has 19 heavy (non-hydrogen) atoms. The van der Waals surface area contributed by atoms with Crippen LogP contribution in [-0.4, -0.2) is 40.1 Å². The Morgan fingerprint density at radius 3 is 2.84 bits per heavy atom. The number of likely N-dealkylation sites (N-methyl/N-ethyl adjacent to an activating group) is 1. The van der Waals surface area contributed by atoms with Gasteiger partial charge in [0.25, 0.3) is 0 Å². The van der Waals surface area contributed by atoms with E-state index in [1.807, 2.05) is 25.2 Å². The Kier molecular flexibility index (Phi) is 4.08. The van der Waals surface area contributed by atoms with Gasteiger partial charge in [0.05, 0.1) is 0 Å². The fourth-order valence-electron chi connectivity index (χ4n) is 1.83. The number of H-pyrrole nitrogens is 1. The molecule has 1 heterocycles. The summed E-state index contributed by atoms with van der Waals surface area (Å²) in [5.41, 5.74) is 3.57. The van der Waals surface area contributed by atoms with Crippen molar-refractivity contribution in [3.63, 3.8) is 0 Å². The first-order valence-electron chi connectivity index (χ1n) is 6.09. The molecule has 7 heteroatoms. The highest BCUT2D eigenvalue weighted by Crippen LogP contribution is 2.14. The summed E-state index contributed by atoms with van der Waals surface area (Å²) in [5, 5.41) is 5.06. The van der Waals surface area contributed by atoms with Crippen LogP contribution in [0.1, 0.15) is 12.2 Å². The van der Waals surface area contributed by atoms with Crippen LogP contribution in [0.3, 0.4) is 0 Å². The molecule has 0 aliphatic heterocycles. The second-order valence-electron chi connectivity index (χ2n) is 4.34. The molecule has 0 fully saturated rings. The van der Waals surface area contributed by atoms with Crippen LogP contribution in [0.5, 0.6) is 0 Å². The zero-order valence-corrected chi connectivity index (χ0v) is 11.3. The largest absolute Gasteiger partial charge is 0.349 e. The number of aromatic nitrogens is 3. The van der Waals surface area contributed by atoms with Crippen molar-refractivity contribution in [3.8, 4) is 0 Å². The average molecular weight is 262 g/mol. The van der Waals surface area contributed by atoms with Crippen LogP contribution >= 0.6 is 0 Å². The molecular weight excluding hydrogens is 244 g/mol. The van der Waals surface area contributed by atoms with E-state index in [4.69, 9.17) is 0 Å². The van der Waals surface area contributed by atoms with E-state index in [0.717, 1.165) is 12.1 Å². The number of aryl methyl sites for hydroxylation is 1. The van der Waals surface area contributed by atoms with Crippen LogP contribution in [0, 0.1) is 6.92 Å². The van der Waals surface area contributed by atoms with Gasteiger partial charge in [-0.15, -0.1) is 0 Å². The lowest BCUT2D eigenvalue weighted by molar-refractivity contribution is 0.214. The normalized spacial score (nSPS) is 18.5. The van der Waals surface area contributed by atoms with Gasteiger partial charge in [-0.25, -0.2) is 9.80 Å². The molecule has 1 aromatic heterocycles. The van der Waals surface area contributed by atoms with Gasteiger partial charge in [-0.2, -0.15) is 9.97 Å². The molecule has 0 aromatic carbocycles. The predicted octanol–water partition coefficient (Wildman–Crippen LogP) is 0.164. The third-order valence-electron chi connectivity index (χ3n) is 2.95. The standard InChI is InChI=1S/C12H18N6O/c1-8-14-11(17-12(19)15-8)16-9-4-6-10(7-5-9)18(3)13-2/h4-6,10,13H,7H2,1-3H3,(H2,14,15,16,17,19). The molecule has 0 bridgehead atoms. The van der Waals surface area contributed by atoms with Gasteiger partial charge in [0.2, 0.25) is 5.95 Å². The maximum Gasteiger partial charge on any atom is 0.349 e. The Morgan fingerprint density at radius 1 is 1.47 bits per heavy atom. The van der Waals surface area contributed by atoms with Gasteiger partial charge in [-0.1, -0.05) is 12.2 Å².